The molecule has 14 nitrogen and oxygen atoms in total. The van der Waals surface area contributed by atoms with Crippen LogP contribution >= 0.6 is 0 Å². The van der Waals surface area contributed by atoms with Crippen molar-refractivity contribution in [2.45, 2.75) is 110 Å². The van der Waals surface area contributed by atoms with Crippen LogP contribution in [0, 0.1) is 0 Å². The molecule has 65 heavy (non-hydrogen) atoms. The number of carboxylic acid groups (broad SMARTS) is 1. The van der Waals surface area contributed by atoms with Crippen molar-refractivity contribution >= 4 is 33.9 Å². The molecule has 10 rings (SSSR count). The Balaban J connectivity index is 0.000000156. The number of aromatic carboxylic acids is 1. The van der Waals surface area contributed by atoms with E-state index in [1.165, 1.54) is 47.7 Å². The number of fused-ring (bicyclic) bond motifs is 4. The number of ether oxygens (including phenoxy) is 4. The van der Waals surface area contributed by atoms with E-state index in [2.05, 4.69) is 41.2 Å². The number of carbonyl (C=O) groups is 2. The Labute approximate surface area is 377 Å². The molecular weight excluding hydrogens is 827 g/mol. The highest BCUT2D eigenvalue weighted by atomic mass is 16.5. The molecule has 1 N–H and O–H groups in total. The standard InChI is InChI=1S/C25H27N3O4.C20H18N2O4.C6H12O/c1-3-27-15-22(25(30)28-8-9-31-16(2)14-28)23(29)21-12-20(13-26-24(21)27)32-19-10-17-6-4-5-7-18(17)11-19;1-2-22-11-17(20(24)25)18(23)16-9-15(10-21-19(16)22)26-14-7-12-5-3-4-6-13(12)8-14;1-6-4-2-3-5-7-6/h4-7,12-13,15-16,19H,3,8-11,14H2,1-2H3;3-6,9-11,14H,2,7-8H2,1H3,(H,24,25);6H,2-5H2,1H3/t16-;;6-/m1.1/s1. The fraction of sp³-hybridized carbons (Fsp3) is 0.412. The van der Waals surface area contributed by atoms with E-state index in [9.17, 15) is 24.3 Å². The lowest BCUT2D eigenvalue weighted by Gasteiger charge is -2.31. The number of carboxylic acids is 1. The number of pyridine rings is 4. The van der Waals surface area contributed by atoms with Gasteiger partial charge in [-0.25, -0.2) is 14.8 Å². The Bertz CT molecular complexity index is 2760. The minimum Gasteiger partial charge on any atom is -0.488 e. The van der Waals surface area contributed by atoms with Gasteiger partial charge in [0.15, 0.2) is 0 Å². The molecule has 0 saturated carbocycles. The maximum Gasteiger partial charge on any atom is 0.341 e. The highest BCUT2D eigenvalue weighted by Crippen LogP contribution is 2.28. The van der Waals surface area contributed by atoms with Gasteiger partial charge in [-0.15, -0.1) is 0 Å². The van der Waals surface area contributed by atoms with Crippen molar-refractivity contribution < 1.29 is 33.6 Å². The van der Waals surface area contributed by atoms with Crippen LogP contribution in [0.4, 0.5) is 0 Å². The molecule has 6 aromatic rings. The van der Waals surface area contributed by atoms with Gasteiger partial charge in [0, 0.05) is 70.9 Å². The molecule has 2 atom stereocenters. The number of aromatic nitrogens is 4. The van der Waals surface area contributed by atoms with E-state index in [-0.39, 0.29) is 46.2 Å². The maximum absolute atomic E-state index is 13.3. The largest absolute Gasteiger partial charge is 0.488 e. The summed E-state index contributed by atoms with van der Waals surface area (Å²) in [6, 6.07) is 19.9. The Hall–Kier alpha value is -6.38. The lowest BCUT2D eigenvalue weighted by molar-refractivity contribution is -0.0124. The van der Waals surface area contributed by atoms with Crippen molar-refractivity contribution in [1.29, 1.82) is 0 Å². The monoisotopic (exact) mass is 883 g/mol. The Morgan fingerprint density at radius 1 is 0.692 bits per heavy atom. The molecule has 2 saturated heterocycles. The zero-order valence-electron chi connectivity index (χ0n) is 37.5. The van der Waals surface area contributed by atoms with E-state index in [4.69, 9.17) is 18.9 Å². The average molecular weight is 884 g/mol. The van der Waals surface area contributed by atoms with Gasteiger partial charge < -0.3 is 38.1 Å². The van der Waals surface area contributed by atoms with Crippen LogP contribution in [0.5, 0.6) is 11.5 Å². The third-order valence-electron chi connectivity index (χ3n) is 12.5. The molecule has 4 aromatic heterocycles. The predicted octanol–water partition coefficient (Wildman–Crippen LogP) is 7.06. The summed E-state index contributed by atoms with van der Waals surface area (Å²) < 4.78 is 26.6. The SMILES string of the molecule is CCn1cc(C(=O)N2CCO[C@H](C)C2)c(=O)c2cc(OC3Cc4ccccc4C3)cnc21.CCn1cc(C(=O)O)c(=O)c2cc(OC3Cc4ccccc4C3)cnc21.C[C@@H]1CCCCO1. The molecule has 0 unspecified atom stereocenters. The number of rotatable bonds is 8. The van der Waals surface area contributed by atoms with E-state index >= 15 is 0 Å². The van der Waals surface area contributed by atoms with E-state index in [0.29, 0.717) is 67.1 Å². The summed E-state index contributed by atoms with van der Waals surface area (Å²) in [4.78, 5) is 61.0. The highest BCUT2D eigenvalue weighted by molar-refractivity contribution is 5.97. The van der Waals surface area contributed by atoms with Gasteiger partial charge in [0.05, 0.1) is 42.0 Å². The summed E-state index contributed by atoms with van der Waals surface area (Å²) in [5.41, 5.74) is 5.23. The predicted molar refractivity (Wildman–Crippen MR) is 247 cm³/mol. The summed E-state index contributed by atoms with van der Waals surface area (Å²) in [5.74, 6) is -0.458. The number of amides is 1. The molecule has 4 aliphatic rings. The summed E-state index contributed by atoms with van der Waals surface area (Å²) in [6.45, 7) is 11.5. The molecule has 14 heteroatoms. The van der Waals surface area contributed by atoms with Gasteiger partial charge in [-0.05, 0) is 81.3 Å². The number of hydrogen-bond acceptors (Lipinski definition) is 10. The van der Waals surface area contributed by atoms with Gasteiger partial charge in [0.25, 0.3) is 5.91 Å². The topological polar surface area (TPSA) is 164 Å². The van der Waals surface area contributed by atoms with Gasteiger partial charge in [-0.3, -0.25) is 14.4 Å². The van der Waals surface area contributed by atoms with Crippen LogP contribution in [-0.4, -0.2) is 91.7 Å². The number of nitrogens with zero attached hydrogens (tertiary/aromatic N) is 5. The molecule has 2 fully saturated rings. The third-order valence-corrected chi connectivity index (χ3v) is 12.5. The lowest BCUT2D eigenvalue weighted by atomic mass is 10.1. The fourth-order valence-electron chi connectivity index (χ4n) is 9.09. The lowest BCUT2D eigenvalue weighted by Crippen LogP contribution is -2.45. The Morgan fingerprint density at radius 3 is 1.58 bits per heavy atom. The van der Waals surface area contributed by atoms with Crippen LogP contribution in [0.25, 0.3) is 22.1 Å². The molecule has 0 bridgehead atoms. The van der Waals surface area contributed by atoms with Gasteiger partial charge >= 0.3 is 5.97 Å². The summed E-state index contributed by atoms with van der Waals surface area (Å²) in [6.07, 6.45) is 13.9. The number of aryl methyl sites for hydroxylation is 2. The van der Waals surface area contributed by atoms with Crippen molar-refractivity contribution in [3.05, 3.63) is 139 Å². The van der Waals surface area contributed by atoms with Crippen molar-refractivity contribution in [2.24, 2.45) is 0 Å². The van der Waals surface area contributed by atoms with Gasteiger partial charge in [-0.2, -0.15) is 0 Å². The Kier molecular flexibility index (Phi) is 14.0. The van der Waals surface area contributed by atoms with E-state index in [1.54, 1.807) is 40.2 Å². The summed E-state index contributed by atoms with van der Waals surface area (Å²) in [5, 5.41) is 9.95. The normalized spacial score (nSPS) is 18.2. The third kappa shape index (κ3) is 10.3. The first kappa shape index (κ1) is 45.2. The zero-order valence-corrected chi connectivity index (χ0v) is 37.5. The molecule has 2 aliphatic heterocycles. The summed E-state index contributed by atoms with van der Waals surface area (Å²) >= 11 is 0. The first-order valence-electron chi connectivity index (χ1n) is 22.8. The molecule has 1 amide bonds. The molecule has 6 heterocycles. The minimum absolute atomic E-state index is 0.0114. The second-order valence-corrected chi connectivity index (χ2v) is 17.1. The Morgan fingerprint density at radius 2 is 1.17 bits per heavy atom. The van der Waals surface area contributed by atoms with Gasteiger partial charge in [0.1, 0.15) is 46.1 Å². The quantitative estimate of drug-likeness (QED) is 0.167. The van der Waals surface area contributed by atoms with Crippen LogP contribution in [0.2, 0.25) is 0 Å². The first-order chi connectivity index (χ1) is 31.5. The smallest absolute Gasteiger partial charge is 0.341 e. The summed E-state index contributed by atoms with van der Waals surface area (Å²) in [7, 11) is 0. The average Bonchev–Trinajstić information content (AvgIpc) is 3.93. The molecule has 340 valence electrons. The second kappa shape index (κ2) is 20.2. The molecule has 2 aliphatic carbocycles. The zero-order chi connectivity index (χ0) is 45.6. The van der Waals surface area contributed by atoms with E-state index in [0.717, 1.165) is 32.3 Å². The number of benzene rings is 2. The number of morpholine rings is 1. The highest BCUT2D eigenvalue weighted by Gasteiger charge is 2.28. The van der Waals surface area contributed by atoms with Crippen LogP contribution in [0.1, 0.15) is 89.9 Å². The van der Waals surface area contributed by atoms with Crippen LogP contribution in [0.3, 0.4) is 0 Å². The van der Waals surface area contributed by atoms with Crippen molar-refractivity contribution in [2.75, 3.05) is 26.3 Å². The van der Waals surface area contributed by atoms with Crippen molar-refractivity contribution in [3.8, 4) is 11.5 Å². The van der Waals surface area contributed by atoms with Crippen molar-refractivity contribution in [1.82, 2.24) is 24.0 Å². The van der Waals surface area contributed by atoms with Gasteiger partial charge in [-0.1, -0.05) is 48.5 Å². The van der Waals surface area contributed by atoms with E-state index < -0.39 is 11.4 Å². The second-order valence-electron chi connectivity index (χ2n) is 17.1. The minimum atomic E-state index is -1.24. The molecule has 0 radical (unpaired) electrons. The molecule has 2 aromatic carbocycles. The fourth-order valence-corrected chi connectivity index (χ4v) is 9.09. The van der Waals surface area contributed by atoms with Crippen LogP contribution in [-0.2, 0) is 48.2 Å². The van der Waals surface area contributed by atoms with Gasteiger partial charge in [0.2, 0.25) is 10.9 Å². The number of carbonyl (C=O) groups excluding carboxylic acids is 1. The number of hydrogen-bond donors (Lipinski definition) is 1. The van der Waals surface area contributed by atoms with Crippen LogP contribution < -0.4 is 20.3 Å². The molecule has 0 spiro atoms. The van der Waals surface area contributed by atoms with E-state index in [1.807, 2.05) is 49.6 Å². The maximum atomic E-state index is 13.3. The van der Waals surface area contributed by atoms with Crippen molar-refractivity contribution in [3.63, 3.8) is 0 Å². The first-order valence-corrected chi connectivity index (χ1v) is 22.8. The molecular formula is C51H57N5O9. The van der Waals surface area contributed by atoms with Crippen LogP contribution in [0.15, 0.2) is 95.0 Å².